The normalized spacial score (nSPS) is 17.9. The number of urea groups is 1. The van der Waals surface area contributed by atoms with Gasteiger partial charge in [-0.1, -0.05) is 13.8 Å². The molecule has 1 atom stereocenters. The zero-order chi connectivity index (χ0) is 12.8. The monoisotopic (exact) mass is 243 g/mol. The summed E-state index contributed by atoms with van der Waals surface area (Å²) in [5.41, 5.74) is 0. The predicted molar refractivity (Wildman–Crippen MR) is 63.9 cm³/mol. The van der Waals surface area contributed by atoms with Crippen LogP contribution in [0.2, 0.25) is 0 Å². The maximum Gasteiger partial charge on any atom is 0.317 e. The van der Waals surface area contributed by atoms with Gasteiger partial charge < -0.3 is 20.6 Å². The minimum atomic E-state index is -0.885. The molecule has 98 valence electrons. The SMILES string of the molecule is CC(C)C(CC(=O)O)NC(=O)N1CCNCC1. The van der Waals surface area contributed by atoms with E-state index >= 15 is 0 Å². The predicted octanol–water partition coefficient (Wildman–Crippen LogP) is 0.101. The maximum atomic E-state index is 11.9. The van der Waals surface area contributed by atoms with E-state index in [4.69, 9.17) is 5.11 Å². The molecule has 1 rings (SSSR count). The van der Waals surface area contributed by atoms with Crippen LogP contribution in [0, 0.1) is 5.92 Å². The summed E-state index contributed by atoms with van der Waals surface area (Å²) in [5.74, 6) is -0.776. The van der Waals surface area contributed by atoms with Gasteiger partial charge in [-0.2, -0.15) is 0 Å². The van der Waals surface area contributed by atoms with E-state index in [1.807, 2.05) is 13.8 Å². The molecule has 1 fully saturated rings. The van der Waals surface area contributed by atoms with Crippen molar-refractivity contribution in [1.82, 2.24) is 15.5 Å². The highest BCUT2D eigenvalue weighted by Gasteiger charge is 2.23. The highest BCUT2D eigenvalue weighted by Crippen LogP contribution is 2.07. The van der Waals surface area contributed by atoms with E-state index in [1.165, 1.54) is 0 Å². The number of amides is 2. The summed E-state index contributed by atoms with van der Waals surface area (Å²) in [5, 5.41) is 14.7. The number of carboxylic acids is 1. The second-order valence-corrected chi connectivity index (χ2v) is 4.63. The molecule has 3 N–H and O–H groups in total. The van der Waals surface area contributed by atoms with Gasteiger partial charge in [0.25, 0.3) is 0 Å². The lowest BCUT2D eigenvalue weighted by Gasteiger charge is -2.30. The van der Waals surface area contributed by atoms with Crippen LogP contribution in [0.3, 0.4) is 0 Å². The molecule has 1 saturated heterocycles. The van der Waals surface area contributed by atoms with Gasteiger partial charge in [0.05, 0.1) is 6.42 Å². The van der Waals surface area contributed by atoms with Gasteiger partial charge in [-0.05, 0) is 5.92 Å². The van der Waals surface area contributed by atoms with E-state index in [1.54, 1.807) is 4.90 Å². The number of piperazine rings is 1. The molecule has 6 nitrogen and oxygen atoms in total. The molecule has 0 spiro atoms. The van der Waals surface area contributed by atoms with E-state index in [0.29, 0.717) is 13.1 Å². The van der Waals surface area contributed by atoms with Crippen molar-refractivity contribution in [1.29, 1.82) is 0 Å². The highest BCUT2D eigenvalue weighted by molar-refractivity contribution is 5.76. The summed E-state index contributed by atoms with van der Waals surface area (Å²) in [7, 11) is 0. The lowest BCUT2D eigenvalue weighted by Crippen LogP contribution is -2.53. The molecule has 0 aliphatic carbocycles. The molecule has 1 heterocycles. The second kappa shape index (κ2) is 6.44. The first-order valence-corrected chi connectivity index (χ1v) is 5.98. The standard InChI is InChI=1S/C11H21N3O3/c1-8(2)9(7-10(15)16)13-11(17)14-5-3-12-4-6-14/h8-9,12H,3-7H2,1-2H3,(H,13,17)(H,15,16). The van der Waals surface area contributed by atoms with E-state index in [0.717, 1.165) is 13.1 Å². The van der Waals surface area contributed by atoms with Gasteiger partial charge in [0.2, 0.25) is 0 Å². The first-order valence-electron chi connectivity index (χ1n) is 5.98. The van der Waals surface area contributed by atoms with Crippen molar-refractivity contribution in [3.8, 4) is 0 Å². The van der Waals surface area contributed by atoms with Crippen LogP contribution in [0.4, 0.5) is 4.79 Å². The molecule has 0 aromatic heterocycles. The first-order chi connectivity index (χ1) is 8.00. The Bertz CT molecular complexity index is 275. The minimum Gasteiger partial charge on any atom is -0.481 e. The zero-order valence-electron chi connectivity index (χ0n) is 10.4. The third kappa shape index (κ3) is 4.60. The molecular formula is C11H21N3O3. The van der Waals surface area contributed by atoms with Gasteiger partial charge in [0.1, 0.15) is 0 Å². The number of aliphatic carboxylic acids is 1. The lowest BCUT2D eigenvalue weighted by atomic mass is 10.0. The van der Waals surface area contributed by atoms with Gasteiger partial charge in [-0.3, -0.25) is 4.79 Å². The van der Waals surface area contributed by atoms with Crippen molar-refractivity contribution >= 4 is 12.0 Å². The van der Waals surface area contributed by atoms with E-state index in [9.17, 15) is 9.59 Å². The van der Waals surface area contributed by atoms with Crippen molar-refractivity contribution < 1.29 is 14.7 Å². The number of nitrogens with one attached hydrogen (secondary N) is 2. The number of hydrogen-bond acceptors (Lipinski definition) is 3. The fraction of sp³-hybridized carbons (Fsp3) is 0.818. The van der Waals surface area contributed by atoms with E-state index in [2.05, 4.69) is 10.6 Å². The zero-order valence-corrected chi connectivity index (χ0v) is 10.4. The molecule has 0 radical (unpaired) electrons. The van der Waals surface area contributed by atoms with Gasteiger partial charge in [0.15, 0.2) is 0 Å². The Balaban J connectivity index is 2.47. The van der Waals surface area contributed by atoms with Gasteiger partial charge >= 0.3 is 12.0 Å². The molecule has 17 heavy (non-hydrogen) atoms. The van der Waals surface area contributed by atoms with Crippen molar-refractivity contribution in [3.05, 3.63) is 0 Å². The molecular weight excluding hydrogens is 222 g/mol. The summed E-state index contributed by atoms with van der Waals surface area (Å²) in [6, 6.07) is -0.471. The lowest BCUT2D eigenvalue weighted by molar-refractivity contribution is -0.137. The third-order valence-electron chi connectivity index (χ3n) is 2.91. The minimum absolute atomic E-state index is 0.0322. The summed E-state index contributed by atoms with van der Waals surface area (Å²) in [6.45, 7) is 6.74. The molecule has 1 aliphatic heterocycles. The average Bonchev–Trinajstić information content (AvgIpc) is 2.28. The van der Waals surface area contributed by atoms with Gasteiger partial charge in [0, 0.05) is 32.2 Å². The van der Waals surface area contributed by atoms with Gasteiger partial charge in [-0.25, -0.2) is 4.79 Å². The Hall–Kier alpha value is -1.30. The molecule has 0 aromatic carbocycles. The van der Waals surface area contributed by atoms with E-state index in [-0.39, 0.29) is 24.4 Å². The molecule has 0 saturated carbocycles. The fourth-order valence-corrected chi connectivity index (χ4v) is 1.76. The smallest absolute Gasteiger partial charge is 0.317 e. The number of carboxylic acid groups (broad SMARTS) is 1. The van der Waals surface area contributed by atoms with Crippen LogP contribution in [-0.4, -0.2) is 54.2 Å². The summed E-state index contributed by atoms with van der Waals surface area (Å²) in [6.07, 6.45) is -0.0322. The largest absolute Gasteiger partial charge is 0.481 e. The number of carbonyl (C=O) groups is 2. The van der Waals surface area contributed by atoms with Crippen molar-refractivity contribution in [2.24, 2.45) is 5.92 Å². The molecule has 0 aromatic rings. The summed E-state index contributed by atoms with van der Waals surface area (Å²) in [4.78, 5) is 24.3. The topological polar surface area (TPSA) is 81.7 Å². The summed E-state index contributed by atoms with van der Waals surface area (Å²) < 4.78 is 0. The maximum absolute atomic E-state index is 11.9. The number of nitrogens with zero attached hydrogens (tertiary/aromatic N) is 1. The number of carbonyl (C=O) groups excluding carboxylic acids is 1. The third-order valence-corrected chi connectivity index (χ3v) is 2.91. The molecule has 0 bridgehead atoms. The number of rotatable bonds is 4. The second-order valence-electron chi connectivity index (χ2n) is 4.63. The van der Waals surface area contributed by atoms with Crippen LogP contribution in [0.1, 0.15) is 20.3 Å². The quantitative estimate of drug-likeness (QED) is 0.654. The van der Waals surface area contributed by atoms with Crippen molar-refractivity contribution in [2.45, 2.75) is 26.3 Å². The average molecular weight is 243 g/mol. The Morgan fingerprint density at radius 3 is 2.41 bits per heavy atom. The fourth-order valence-electron chi connectivity index (χ4n) is 1.76. The van der Waals surface area contributed by atoms with Crippen LogP contribution in [0.25, 0.3) is 0 Å². The van der Waals surface area contributed by atoms with Crippen molar-refractivity contribution in [3.63, 3.8) is 0 Å². The van der Waals surface area contributed by atoms with Crippen LogP contribution in [0.15, 0.2) is 0 Å². The number of hydrogen-bond donors (Lipinski definition) is 3. The Labute approximate surface area is 101 Å². The van der Waals surface area contributed by atoms with Crippen molar-refractivity contribution in [2.75, 3.05) is 26.2 Å². The first kappa shape index (κ1) is 13.8. The Kier molecular flexibility index (Phi) is 5.21. The molecule has 1 unspecified atom stereocenters. The molecule has 2 amide bonds. The highest BCUT2D eigenvalue weighted by atomic mass is 16.4. The van der Waals surface area contributed by atoms with Crippen LogP contribution in [-0.2, 0) is 4.79 Å². The summed E-state index contributed by atoms with van der Waals surface area (Å²) >= 11 is 0. The van der Waals surface area contributed by atoms with Crippen LogP contribution >= 0.6 is 0 Å². The Morgan fingerprint density at radius 1 is 1.35 bits per heavy atom. The van der Waals surface area contributed by atoms with E-state index < -0.39 is 5.97 Å². The molecule has 6 heteroatoms. The van der Waals surface area contributed by atoms with Crippen LogP contribution < -0.4 is 10.6 Å². The van der Waals surface area contributed by atoms with Crippen LogP contribution in [0.5, 0.6) is 0 Å². The Morgan fingerprint density at radius 2 is 1.94 bits per heavy atom. The molecule has 1 aliphatic rings. The van der Waals surface area contributed by atoms with Gasteiger partial charge in [-0.15, -0.1) is 0 Å².